The van der Waals surface area contributed by atoms with E-state index in [2.05, 4.69) is 29.9 Å². The molecule has 28 heteroatoms. The van der Waals surface area contributed by atoms with Gasteiger partial charge in [0.2, 0.25) is 5.95 Å². The summed E-state index contributed by atoms with van der Waals surface area (Å²) in [6, 6.07) is 0. The fraction of sp³-hybridized carbons (Fsp3) is 0.625. The topological polar surface area (TPSA) is 301 Å². The van der Waals surface area contributed by atoms with E-state index in [4.69, 9.17) is 48.5 Å². The second-order valence-corrected chi connectivity index (χ2v) is 23.7. The number of hydrogen-bond donors (Lipinski definition) is 3. The number of anilines is 2. The van der Waals surface area contributed by atoms with Gasteiger partial charge in [0.15, 0.2) is 35.0 Å². The fourth-order valence-electron chi connectivity index (χ4n) is 6.07. The third-order valence-electron chi connectivity index (χ3n) is 9.20. The van der Waals surface area contributed by atoms with E-state index >= 15 is 4.39 Å². The second-order valence-electron chi connectivity index (χ2n) is 15.8. The number of nitrogens with two attached hydrogens (primary N) is 2. The lowest BCUT2D eigenvalue weighted by molar-refractivity contribution is -0.151. The smallest absolute Gasteiger partial charge is 0.393 e. The molecule has 2 unspecified atom stereocenters. The molecule has 0 aromatic carbocycles. The Labute approximate surface area is 348 Å². The van der Waals surface area contributed by atoms with Crippen LogP contribution in [-0.4, -0.2) is 107 Å². The molecule has 3 aliphatic heterocycles. The fourth-order valence-corrected chi connectivity index (χ4v) is 11.7. The van der Waals surface area contributed by atoms with Gasteiger partial charge < -0.3 is 30.4 Å². The van der Waals surface area contributed by atoms with Gasteiger partial charge in [0.1, 0.15) is 54.4 Å². The van der Waals surface area contributed by atoms with Crippen molar-refractivity contribution in [2.75, 3.05) is 36.6 Å². The molecular weight excluding hydrogens is 877 g/mol. The second kappa shape index (κ2) is 16.9. The van der Waals surface area contributed by atoms with Gasteiger partial charge in [-0.1, -0.05) is 0 Å². The summed E-state index contributed by atoms with van der Waals surface area (Å²) in [5.41, 5.74) is 9.56. The Bertz CT molecular complexity index is 2430. The first-order chi connectivity index (χ1) is 28.1. The molecule has 0 radical (unpaired) electrons. The van der Waals surface area contributed by atoms with Crippen molar-refractivity contribution in [3.63, 3.8) is 0 Å². The summed E-state index contributed by atoms with van der Waals surface area (Å²) in [7, 11) is 0. The SMILES string of the molecule is CC(C)(C)C(=O)OCSP1(=O)OC[C@H]2O[C@@H](n3cnc4c(N)ncnc43)C[C@@H]2OP(=O)(SCOC(=O)C(C)(C)C)OC[C@H]2O[C@@H](n3cnc4c(=O)[nH]c(N)nc43)[C@H](O1)[C@H]2F. The van der Waals surface area contributed by atoms with E-state index in [1.165, 1.54) is 12.7 Å². The first kappa shape index (κ1) is 44.3. The van der Waals surface area contributed by atoms with Gasteiger partial charge in [0.05, 0.1) is 36.7 Å². The summed E-state index contributed by atoms with van der Waals surface area (Å²) in [4.78, 5) is 61.1. The summed E-state index contributed by atoms with van der Waals surface area (Å²) in [6.07, 6.45) is -6.68. The lowest BCUT2D eigenvalue weighted by Crippen LogP contribution is -2.32. The highest BCUT2D eigenvalue weighted by Gasteiger charge is 2.53. The Balaban J connectivity index is 1.26. The van der Waals surface area contributed by atoms with Crippen molar-refractivity contribution < 1.29 is 60.2 Å². The summed E-state index contributed by atoms with van der Waals surface area (Å²) >= 11 is 0.969. The Morgan fingerprint density at radius 2 is 1.45 bits per heavy atom. The van der Waals surface area contributed by atoms with Gasteiger partial charge in [0, 0.05) is 29.2 Å². The lowest BCUT2D eigenvalue weighted by atomic mass is 9.98. The van der Waals surface area contributed by atoms with Crippen molar-refractivity contribution in [3.8, 4) is 0 Å². The largest absolute Gasteiger partial charge is 0.454 e. The summed E-state index contributed by atoms with van der Waals surface area (Å²) < 4.78 is 96.3. The number of H-pyrrole nitrogens is 1. The first-order valence-electron chi connectivity index (χ1n) is 18.2. The van der Waals surface area contributed by atoms with Crippen LogP contribution in [0.2, 0.25) is 0 Å². The van der Waals surface area contributed by atoms with Crippen molar-refractivity contribution in [1.82, 2.24) is 39.0 Å². The number of hydrogen-bond acceptors (Lipinski definition) is 22. The number of nitrogen functional groups attached to an aromatic ring is 2. The maximum absolute atomic E-state index is 16.8. The number of carbonyl (C=O) groups excluding carboxylic acids is 2. The molecule has 5 N–H and O–H groups in total. The number of esters is 2. The van der Waals surface area contributed by atoms with E-state index < -0.39 is 110 Å². The van der Waals surface area contributed by atoms with Crippen LogP contribution in [0.4, 0.5) is 16.2 Å². The minimum Gasteiger partial charge on any atom is -0.454 e. The van der Waals surface area contributed by atoms with Crippen LogP contribution in [0, 0.1) is 10.8 Å². The lowest BCUT2D eigenvalue weighted by Gasteiger charge is -2.28. The van der Waals surface area contributed by atoms with E-state index in [0.29, 0.717) is 28.4 Å². The maximum Gasteiger partial charge on any atom is 0.393 e. The highest BCUT2D eigenvalue weighted by molar-refractivity contribution is 8.55. The van der Waals surface area contributed by atoms with Crippen molar-refractivity contribution in [2.24, 2.45) is 10.8 Å². The third-order valence-corrected chi connectivity index (χ3v) is 15.9. The van der Waals surface area contributed by atoms with Gasteiger partial charge in [-0.15, -0.1) is 0 Å². The Kier molecular flexibility index (Phi) is 12.5. The molecule has 0 spiro atoms. The molecule has 0 amide bonds. The van der Waals surface area contributed by atoms with Crippen molar-refractivity contribution in [1.29, 1.82) is 0 Å². The van der Waals surface area contributed by atoms with E-state index in [-0.39, 0.29) is 34.9 Å². The molecule has 4 aromatic rings. The van der Waals surface area contributed by atoms with Gasteiger partial charge in [-0.25, -0.2) is 33.5 Å². The molecule has 328 valence electrons. The average molecular weight is 921 g/mol. The molecule has 4 aromatic heterocycles. The van der Waals surface area contributed by atoms with Crippen LogP contribution in [0.5, 0.6) is 0 Å². The molecule has 0 saturated carbocycles. The van der Waals surface area contributed by atoms with Crippen LogP contribution >= 0.6 is 36.4 Å². The van der Waals surface area contributed by atoms with Crippen molar-refractivity contribution in [2.45, 2.75) is 91.0 Å². The highest BCUT2D eigenvalue weighted by atomic mass is 32.7. The molecule has 3 aliphatic rings. The van der Waals surface area contributed by atoms with E-state index in [1.54, 1.807) is 46.1 Å². The molecule has 3 saturated heterocycles. The van der Waals surface area contributed by atoms with Crippen LogP contribution in [0.1, 0.15) is 60.4 Å². The number of rotatable bonds is 8. The molecule has 2 bridgehead atoms. The Hall–Kier alpha value is -3.71. The Morgan fingerprint density at radius 3 is 2.10 bits per heavy atom. The minimum absolute atomic E-state index is 0.0418. The molecule has 0 aliphatic carbocycles. The molecule has 60 heavy (non-hydrogen) atoms. The van der Waals surface area contributed by atoms with Crippen molar-refractivity contribution >= 4 is 82.4 Å². The molecule has 7 rings (SSSR count). The number of nitrogens with one attached hydrogen (secondary N) is 1. The standard InChI is InChI=1S/C32H43FN10O13P2S2/c1-31(2,3)28(45)49-13-59-57(47)52-9-17-19(33)22(27(54-17)43-12-39-21-25(43)40-30(35)41-26(21)44)56-58(48,60-14-50-29(46)32(4,5)6)51-8-16-15(55-57)7-18(53-16)42-11-38-20-23(34)36-10-37-24(20)42/h10-12,15-19,22,27H,7-9,13-14H2,1-6H3,(H2,34,36,37)(H3,35,40,41,44)/t15-,16+,17+,18+,19-,22+,27+,57?,58?/m0/s1. The summed E-state index contributed by atoms with van der Waals surface area (Å²) in [6.45, 7) is -0.670. The van der Waals surface area contributed by atoms with Crippen LogP contribution in [0.3, 0.4) is 0 Å². The first-order valence-corrected chi connectivity index (χ1v) is 24.5. The number of aromatic nitrogens is 8. The quantitative estimate of drug-likeness (QED) is 0.126. The average Bonchev–Trinajstić information content (AvgIpc) is 3.94. The minimum atomic E-state index is -4.63. The number of aromatic amines is 1. The molecule has 7 heterocycles. The summed E-state index contributed by atoms with van der Waals surface area (Å²) in [5, 5.41) is 0. The zero-order valence-corrected chi connectivity index (χ0v) is 36.4. The normalized spacial score (nSPS) is 30.4. The predicted molar refractivity (Wildman–Crippen MR) is 213 cm³/mol. The van der Waals surface area contributed by atoms with E-state index in [9.17, 15) is 23.5 Å². The van der Waals surface area contributed by atoms with Gasteiger partial charge >= 0.3 is 25.5 Å². The number of ether oxygens (including phenoxy) is 4. The highest BCUT2D eigenvalue weighted by Crippen LogP contribution is 2.66. The van der Waals surface area contributed by atoms with Crippen LogP contribution in [-0.2, 0) is 55.8 Å². The number of halogens is 1. The zero-order valence-electron chi connectivity index (χ0n) is 33.0. The monoisotopic (exact) mass is 920 g/mol. The number of imidazole rings is 2. The third kappa shape index (κ3) is 9.37. The van der Waals surface area contributed by atoms with Crippen molar-refractivity contribution in [3.05, 3.63) is 29.3 Å². The molecule has 3 fully saturated rings. The summed E-state index contributed by atoms with van der Waals surface area (Å²) in [5.74, 6) is -2.47. The number of fused-ring (bicyclic) bond motifs is 5. The maximum atomic E-state index is 16.8. The van der Waals surface area contributed by atoms with Gasteiger partial charge in [-0.3, -0.25) is 46.6 Å². The van der Waals surface area contributed by atoms with Crippen LogP contribution in [0.25, 0.3) is 22.3 Å². The molecule has 9 atom stereocenters. The molecular formula is C32H43FN10O13P2S2. The van der Waals surface area contributed by atoms with Crippen LogP contribution in [0.15, 0.2) is 23.8 Å². The Morgan fingerprint density at radius 1 is 0.850 bits per heavy atom. The van der Waals surface area contributed by atoms with Crippen LogP contribution < -0.4 is 17.0 Å². The van der Waals surface area contributed by atoms with E-state index in [1.807, 2.05) is 0 Å². The number of alkyl halides is 1. The van der Waals surface area contributed by atoms with Gasteiger partial charge in [-0.05, 0) is 41.5 Å². The number of nitrogens with zero attached hydrogens (tertiary/aromatic N) is 7. The molecule has 23 nitrogen and oxygen atoms in total. The van der Waals surface area contributed by atoms with E-state index in [0.717, 1.165) is 10.9 Å². The zero-order chi connectivity index (χ0) is 43.4. The van der Waals surface area contributed by atoms with Gasteiger partial charge in [0.25, 0.3) is 5.56 Å². The number of carbonyl (C=O) groups is 2. The van der Waals surface area contributed by atoms with Gasteiger partial charge in [-0.2, -0.15) is 4.98 Å². The predicted octanol–water partition coefficient (Wildman–Crippen LogP) is 4.24.